The first-order chi connectivity index (χ1) is 17.4. The third-order valence-electron chi connectivity index (χ3n) is 7.73. The molecule has 198 valence electrons. The van der Waals surface area contributed by atoms with Gasteiger partial charge in [-0.15, -0.1) is 0 Å². The number of carbonyl (C=O) groups excluding carboxylic acids is 1. The van der Waals surface area contributed by atoms with Gasteiger partial charge in [0.1, 0.15) is 0 Å². The number of likely N-dealkylation sites (tertiary alicyclic amines) is 1. The van der Waals surface area contributed by atoms with Gasteiger partial charge in [0, 0.05) is 41.8 Å². The summed E-state index contributed by atoms with van der Waals surface area (Å²) in [6.07, 6.45) is 4.67. The Labute approximate surface area is 222 Å². The van der Waals surface area contributed by atoms with Crippen LogP contribution in [0.3, 0.4) is 0 Å². The number of hydrogen-bond donors (Lipinski definition) is 1. The highest BCUT2D eigenvalue weighted by atomic mass is 35.5. The van der Waals surface area contributed by atoms with Crippen molar-refractivity contribution in [2.45, 2.75) is 52.1 Å². The summed E-state index contributed by atoms with van der Waals surface area (Å²) in [6, 6.07) is 2.08. The molecule has 1 amide bonds. The molecular formula is C26H33ClN6O3S. The molecule has 0 aliphatic carbocycles. The lowest BCUT2D eigenvalue weighted by atomic mass is 9.96. The molecule has 3 aromatic rings. The van der Waals surface area contributed by atoms with Gasteiger partial charge >= 0.3 is 0 Å². The summed E-state index contributed by atoms with van der Waals surface area (Å²) in [4.78, 5) is 16.1. The maximum Gasteiger partial charge on any atom is 0.245 e. The third kappa shape index (κ3) is 4.44. The maximum absolute atomic E-state index is 12.5. The number of fused-ring (bicyclic) bond motifs is 1. The van der Waals surface area contributed by atoms with Crippen molar-refractivity contribution >= 4 is 44.1 Å². The van der Waals surface area contributed by atoms with Gasteiger partial charge in [0.25, 0.3) is 0 Å². The van der Waals surface area contributed by atoms with Crippen molar-refractivity contribution in [2.24, 2.45) is 0 Å². The molecule has 0 bridgehead atoms. The number of halogens is 1. The second kappa shape index (κ2) is 9.16. The van der Waals surface area contributed by atoms with E-state index in [-0.39, 0.29) is 23.5 Å². The van der Waals surface area contributed by atoms with Gasteiger partial charge in [-0.1, -0.05) is 18.2 Å². The SMILES string of the molecule is C=CC(=O)N1CCC(n2nc(N3CCS(=O)(=O)CC3(C)C)c(-c3c(Cl)c(C)cc4[nH]ncc34)c2C)CC1. The zero-order valence-electron chi connectivity index (χ0n) is 21.7. The van der Waals surface area contributed by atoms with Crippen LogP contribution in [0.2, 0.25) is 5.02 Å². The number of piperidine rings is 1. The van der Waals surface area contributed by atoms with Gasteiger partial charge in [0.15, 0.2) is 15.7 Å². The van der Waals surface area contributed by atoms with E-state index in [4.69, 9.17) is 16.7 Å². The minimum Gasteiger partial charge on any atom is -0.347 e. The van der Waals surface area contributed by atoms with E-state index in [2.05, 4.69) is 26.4 Å². The average molecular weight is 545 g/mol. The van der Waals surface area contributed by atoms with Crippen molar-refractivity contribution in [2.75, 3.05) is 36.0 Å². The van der Waals surface area contributed by atoms with Crippen LogP contribution in [-0.2, 0) is 14.6 Å². The van der Waals surface area contributed by atoms with Crippen LogP contribution in [0.1, 0.15) is 44.0 Å². The summed E-state index contributed by atoms with van der Waals surface area (Å²) in [5, 5.41) is 14.0. The second-order valence-corrected chi connectivity index (χ2v) is 13.3. The standard InChI is InChI=1S/C26H33ClN6O3S/c1-6-21(34)31-9-7-18(8-10-31)33-17(3)22(23-19-14-28-29-20(19)13-16(2)24(23)27)25(30-33)32-11-12-37(35,36)15-26(32,4)5/h6,13-14,18H,1,7-12,15H2,2-5H3,(H,28,29). The molecule has 1 N–H and O–H groups in total. The van der Waals surface area contributed by atoms with E-state index in [1.807, 2.05) is 38.7 Å². The van der Waals surface area contributed by atoms with Crippen LogP contribution in [-0.4, -0.2) is 75.9 Å². The molecule has 0 unspecified atom stereocenters. The van der Waals surface area contributed by atoms with Crippen LogP contribution in [0.15, 0.2) is 24.9 Å². The summed E-state index contributed by atoms with van der Waals surface area (Å²) in [5.41, 5.74) is 3.87. The van der Waals surface area contributed by atoms with Crippen LogP contribution in [0.25, 0.3) is 22.0 Å². The predicted octanol–water partition coefficient (Wildman–Crippen LogP) is 4.06. The van der Waals surface area contributed by atoms with Crippen molar-refractivity contribution < 1.29 is 13.2 Å². The van der Waals surface area contributed by atoms with Gasteiger partial charge in [-0.25, -0.2) is 8.42 Å². The lowest BCUT2D eigenvalue weighted by molar-refractivity contribution is -0.127. The van der Waals surface area contributed by atoms with Gasteiger partial charge < -0.3 is 9.80 Å². The molecule has 9 nitrogen and oxygen atoms in total. The van der Waals surface area contributed by atoms with Gasteiger partial charge in [0.2, 0.25) is 5.91 Å². The molecule has 2 fully saturated rings. The summed E-state index contributed by atoms with van der Waals surface area (Å²) in [5.74, 6) is 0.807. The number of sulfone groups is 1. The molecule has 0 spiro atoms. The molecule has 4 heterocycles. The van der Waals surface area contributed by atoms with E-state index in [9.17, 15) is 13.2 Å². The quantitative estimate of drug-likeness (QED) is 0.497. The first kappa shape index (κ1) is 25.8. The van der Waals surface area contributed by atoms with Crippen molar-refractivity contribution in [3.63, 3.8) is 0 Å². The molecule has 11 heteroatoms. The van der Waals surface area contributed by atoms with Crippen molar-refractivity contribution in [3.8, 4) is 11.1 Å². The predicted molar refractivity (Wildman–Crippen MR) is 147 cm³/mol. The van der Waals surface area contributed by atoms with Gasteiger partial charge in [-0.2, -0.15) is 10.2 Å². The fourth-order valence-electron chi connectivity index (χ4n) is 5.86. The smallest absolute Gasteiger partial charge is 0.245 e. The highest BCUT2D eigenvalue weighted by Gasteiger charge is 2.41. The summed E-state index contributed by atoms with van der Waals surface area (Å²) in [7, 11) is -3.15. The summed E-state index contributed by atoms with van der Waals surface area (Å²) in [6.45, 7) is 13.1. The Morgan fingerprint density at radius 3 is 2.57 bits per heavy atom. The Morgan fingerprint density at radius 2 is 1.92 bits per heavy atom. The largest absolute Gasteiger partial charge is 0.347 e. The Morgan fingerprint density at radius 1 is 1.22 bits per heavy atom. The number of anilines is 1. The number of nitrogens with one attached hydrogen (secondary N) is 1. The number of aromatic amines is 1. The second-order valence-electron chi connectivity index (χ2n) is 10.8. The zero-order valence-corrected chi connectivity index (χ0v) is 23.3. The van der Waals surface area contributed by atoms with Crippen molar-refractivity contribution in [1.29, 1.82) is 0 Å². The number of nitrogens with zero attached hydrogens (tertiary/aromatic N) is 5. The number of H-pyrrole nitrogens is 1. The van der Waals surface area contributed by atoms with Crippen LogP contribution in [0.5, 0.6) is 0 Å². The molecule has 0 radical (unpaired) electrons. The van der Waals surface area contributed by atoms with E-state index in [0.29, 0.717) is 24.7 Å². The monoisotopic (exact) mass is 544 g/mol. The average Bonchev–Trinajstić information content (AvgIpc) is 3.43. The fourth-order valence-corrected chi connectivity index (χ4v) is 7.95. The first-order valence-corrected chi connectivity index (χ1v) is 14.7. The molecule has 2 aromatic heterocycles. The Bertz CT molecular complexity index is 1500. The first-order valence-electron chi connectivity index (χ1n) is 12.5. The summed E-state index contributed by atoms with van der Waals surface area (Å²) < 4.78 is 27.1. The third-order valence-corrected chi connectivity index (χ3v) is 10.2. The minimum absolute atomic E-state index is 0.0517. The number of carbonyl (C=O) groups is 1. The maximum atomic E-state index is 12.5. The van der Waals surface area contributed by atoms with Crippen LogP contribution in [0, 0.1) is 13.8 Å². The molecule has 2 saturated heterocycles. The van der Waals surface area contributed by atoms with Crippen LogP contribution >= 0.6 is 11.6 Å². The summed E-state index contributed by atoms with van der Waals surface area (Å²) >= 11 is 6.98. The van der Waals surface area contributed by atoms with E-state index >= 15 is 0 Å². The Kier molecular flexibility index (Phi) is 6.39. The fraction of sp³-hybridized carbons (Fsp3) is 0.500. The van der Waals surface area contributed by atoms with Crippen molar-refractivity contribution in [3.05, 3.63) is 41.2 Å². The normalized spacial score (nSPS) is 19.9. The number of aryl methyl sites for hydroxylation is 1. The van der Waals surface area contributed by atoms with E-state index in [0.717, 1.165) is 51.9 Å². The Balaban J connectivity index is 1.68. The van der Waals surface area contributed by atoms with Gasteiger partial charge in [0.05, 0.1) is 39.8 Å². The Hall–Kier alpha value is -2.85. The minimum atomic E-state index is -3.15. The molecule has 0 saturated carbocycles. The van der Waals surface area contributed by atoms with E-state index in [1.165, 1.54) is 6.08 Å². The van der Waals surface area contributed by atoms with Crippen molar-refractivity contribution in [1.82, 2.24) is 24.9 Å². The number of rotatable bonds is 4. The number of benzene rings is 1. The molecule has 1 aromatic carbocycles. The molecule has 2 aliphatic heterocycles. The van der Waals surface area contributed by atoms with E-state index in [1.54, 1.807) is 6.20 Å². The topological polar surface area (TPSA) is 104 Å². The molecule has 37 heavy (non-hydrogen) atoms. The van der Waals surface area contributed by atoms with Gasteiger partial charge in [-0.3, -0.25) is 14.6 Å². The zero-order chi connectivity index (χ0) is 26.7. The molecular weight excluding hydrogens is 512 g/mol. The van der Waals surface area contributed by atoms with Gasteiger partial charge in [-0.05, 0) is 58.2 Å². The molecule has 0 atom stereocenters. The molecule has 5 rings (SSSR count). The number of hydrogen-bond acceptors (Lipinski definition) is 6. The van der Waals surface area contributed by atoms with E-state index < -0.39 is 15.4 Å². The number of aromatic nitrogens is 4. The van der Waals surface area contributed by atoms with Crippen LogP contribution in [0.4, 0.5) is 5.82 Å². The lowest BCUT2D eigenvalue weighted by Gasteiger charge is -2.42. The number of amides is 1. The lowest BCUT2D eigenvalue weighted by Crippen LogP contribution is -2.56. The highest BCUT2D eigenvalue weighted by Crippen LogP contribution is 2.46. The van der Waals surface area contributed by atoms with Crippen LogP contribution < -0.4 is 4.90 Å². The molecule has 2 aliphatic rings. The highest BCUT2D eigenvalue weighted by molar-refractivity contribution is 7.91.